The molecule has 0 amide bonds. The van der Waals surface area contributed by atoms with E-state index in [0.717, 1.165) is 41.1 Å². The second kappa shape index (κ2) is 9.29. The molecular weight excluding hydrogens is 480 g/mol. The average Bonchev–Trinajstić information content (AvgIpc) is 2.90. The maximum Gasteiger partial charge on any atom is 0.351 e. The molecule has 2 aromatic heterocycles. The number of hydrogen-bond donors (Lipinski definition) is 1. The molecule has 2 aliphatic heterocycles. The molecule has 1 aromatic carbocycles. The van der Waals surface area contributed by atoms with Crippen LogP contribution in [0.1, 0.15) is 77.2 Å². The van der Waals surface area contributed by atoms with Gasteiger partial charge < -0.3 is 4.57 Å². The Labute approximate surface area is 220 Å². The highest BCUT2D eigenvalue weighted by Gasteiger charge is 2.47. The normalized spacial score (nSPS) is 33.3. The highest BCUT2D eigenvalue weighted by molar-refractivity contribution is 5.75. The molecule has 7 rings (SSSR count). The molecule has 9 nitrogen and oxygen atoms in total. The van der Waals surface area contributed by atoms with Crippen LogP contribution in [0.15, 0.2) is 44.8 Å². The van der Waals surface area contributed by atoms with Gasteiger partial charge in [0.2, 0.25) is 5.82 Å². The molecule has 2 saturated carbocycles. The van der Waals surface area contributed by atoms with Crippen molar-refractivity contribution in [2.75, 3.05) is 0 Å². The van der Waals surface area contributed by atoms with E-state index in [1.807, 2.05) is 28.8 Å². The highest BCUT2D eigenvalue weighted by Crippen LogP contribution is 2.48. The molecule has 200 valence electrons. The van der Waals surface area contributed by atoms with Crippen LogP contribution in [-0.2, 0) is 0 Å². The third-order valence-corrected chi connectivity index (χ3v) is 10.1. The Morgan fingerprint density at radius 3 is 2.45 bits per heavy atom. The second-order valence-corrected chi connectivity index (χ2v) is 12.3. The standard InChI is InChI=1S/C29H36N6O3/c1-17-9-10-20-14-22(15-25(17)33(20)21-12-18-5-4-6-19(11-18)13-21)34-24-8-3-2-7-23(24)31-27(28(34)37)35-29(38)32-26(36)16-30-35/h2-3,7-8,16-22,25H,4-6,9-15H2,1H3,(H,32,36,38). The summed E-state index contributed by atoms with van der Waals surface area (Å²) >= 11 is 0. The van der Waals surface area contributed by atoms with E-state index in [1.54, 1.807) is 0 Å². The Morgan fingerprint density at radius 1 is 0.868 bits per heavy atom. The number of H-pyrrole nitrogens is 1. The molecule has 4 aliphatic rings. The Kier molecular flexibility index (Phi) is 5.87. The van der Waals surface area contributed by atoms with Crippen LogP contribution in [0.3, 0.4) is 0 Å². The molecule has 38 heavy (non-hydrogen) atoms. The van der Waals surface area contributed by atoms with Gasteiger partial charge in [0, 0.05) is 24.2 Å². The number of fused-ring (bicyclic) bond motifs is 5. The van der Waals surface area contributed by atoms with Gasteiger partial charge in [0.15, 0.2) is 0 Å². The van der Waals surface area contributed by atoms with Gasteiger partial charge in [0.05, 0.1) is 11.0 Å². The number of rotatable bonds is 3. The summed E-state index contributed by atoms with van der Waals surface area (Å²) in [4.78, 5) is 47.9. The lowest BCUT2D eigenvalue weighted by Crippen LogP contribution is -2.61. The molecule has 2 aliphatic carbocycles. The smallest absolute Gasteiger partial charge is 0.300 e. The van der Waals surface area contributed by atoms with Gasteiger partial charge in [-0.15, -0.1) is 0 Å². The van der Waals surface area contributed by atoms with Crippen molar-refractivity contribution in [3.63, 3.8) is 0 Å². The summed E-state index contributed by atoms with van der Waals surface area (Å²) in [7, 11) is 0. The van der Waals surface area contributed by atoms with Gasteiger partial charge >= 0.3 is 5.69 Å². The molecule has 4 fully saturated rings. The Balaban J connectivity index is 1.30. The lowest BCUT2D eigenvalue weighted by Gasteiger charge is -2.57. The van der Waals surface area contributed by atoms with Gasteiger partial charge in [-0.2, -0.15) is 9.78 Å². The van der Waals surface area contributed by atoms with E-state index >= 15 is 0 Å². The minimum Gasteiger partial charge on any atom is -0.300 e. The summed E-state index contributed by atoms with van der Waals surface area (Å²) in [6, 6.07) is 9.24. The first kappa shape index (κ1) is 24.0. The number of nitrogens with zero attached hydrogens (tertiary/aromatic N) is 5. The second-order valence-electron chi connectivity index (χ2n) is 12.3. The average molecular weight is 517 g/mol. The van der Waals surface area contributed by atoms with Crippen molar-refractivity contribution in [2.24, 2.45) is 17.8 Å². The fourth-order valence-electron chi connectivity index (χ4n) is 8.51. The summed E-state index contributed by atoms with van der Waals surface area (Å²) in [5.41, 5.74) is -0.264. The number of piperidine rings is 2. The minimum absolute atomic E-state index is 0.0182. The van der Waals surface area contributed by atoms with Gasteiger partial charge in [0.25, 0.3) is 11.1 Å². The van der Waals surface area contributed by atoms with Crippen LogP contribution in [0.2, 0.25) is 0 Å². The van der Waals surface area contributed by atoms with Crippen LogP contribution in [0.25, 0.3) is 16.9 Å². The van der Waals surface area contributed by atoms with Crippen LogP contribution >= 0.6 is 0 Å². The summed E-state index contributed by atoms with van der Waals surface area (Å²) < 4.78 is 2.80. The van der Waals surface area contributed by atoms with Crippen molar-refractivity contribution in [3.05, 3.63) is 61.7 Å². The zero-order chi connectivity index (χ0) is 26.0. The van der Waals surface area contributed by atoms with Gasteiger partial charge in [-0.1, -0.05) is 38.3 Å². The summed E-state index contributed by atoms with van der Waals surface area (Å²) in [6.07, 6.45) is 13.6. The lowest BCUT2D eigenvalue weighted by molar-refractivity contribution is -0.0693. The first-order chi connectivity index (χ1) is 18.5. The Hall–Kier alpha value is -3.07. The van der Waals surface area contributed by atoms with E-state index in [9.17, 15) is 14.4 Å². The zero-order valence-corrected chi connectivity index (χ0v) is 22.0. The molecule has 0 radical (unpaired) electrons. The van der Waals surface area contributed by atoms with Crippen LogP contribution < -0.4 is 16.8 Å². The van der Waals surface area contributed by atoms with Crippen molar-refractivity contribution in [2.45, 2.75) is 95.3 Å². The molecule has 0 spiro atoms. The summed E-state index contributed by atoms with van der Waals surface area (Å²) in [5, 5.41) is 3.95. The van der Waals surface area contributed by atoms with E-state index in [-0.39, 0.29) is 17.4 Å². The summed E-state index contributed by atoms with van der Waals surface area (Å²) in [5.74, 6) is 2.30. The molecular formula is C29H36N6O3. The first-order valence-electron chi connectivity index (χ1n) is 14.4. The Morgan fingerprint density at radius 2 is 1.66 bits per heavy atom. The van der Waals surface area contributed by atoms with Gasteiger partial charge in [0.1, 0.15) is 6.20 Å². The number of nitrogens with one attached hydrogen (secondary N) is 1. The first-order valence-corrected chi connectivity index (χ1v) is 14.4. The number of aromatic nitrogens is 5. The predicted octanol–water partition coefficient (Wildman–Crippen LogP) is 3.40. The van der Waals surface area contributed by atoms with Crippen molar-refractivity contribution in [1.29, 1.82) is 0 Å². The Bertz CT molecular complexity index is 1530. The van der Waals surface area contributed by atoms with Crippen molar-refractivity contribution >= 4 is 11.0 Å². The van der Waals surface area contributed by atoms with E-state index in [0.29, 0.717) is 29.6 Å². The maximum atomic E-state index is 14.0. The topological polar surface area (TPSA) is 106 Å². The van der Waals surface area contributed by atoms with Crippen molar-refractivity contribution in [1.82, 2.24) is 29.2 Å². The van der Waals surface area contributed by atoms with Crippen LogP contribution in [0.5, 0.6) is 0 Å². The van der Waals surface area contributed by atoms with Gasteiger partial charge in [-0.3, -0.25) is 19.5 Å². The lowest BCUT2D eigenvalue weighted by atomic mass is 9.67. The van der Waals surface area contributed by atoms with E-state index in [4.69, 9.17) is 0 Å². The quantitative estimate of drug-likeness (QED) is 0.572. The van der Waals surface area contributed by atoms with E-state index in [1.165, 1.54) is 51.4 Å². The molecule has 6 atom stereocenters. The number of para-hydroxylation sites is 2. The van der Waals surface area contributed by atoms with Gasteiger partial charge in [-0.25, -0.2) is 9.78 Å². The largest absolute Gasteiger partial charge is 0.351 e. The van der Waals surface area contributed by atoms with Crippen LogP contribution in [0.4, 0.5) is 0 Å². The molecule has 3 aromatic rings. The molecule has 4 bridgehead atoms. The third-order valence-electron chi connectivity index (χ3n) is 10.1. The zero-order valence-electron chi connectivity index (χ0n) is 22.0. The van der Waals surface area contributed by atoms with Crippen LogP contribution in [0, 0.1) is 17.8 Å². The number of benzene rings is 1. The fourth-order valence-corrected chi connectivity index (χ4v) is 8.51. The SMILES string of the molecule is CC1CCC2CC(n3c(=O)c(-n4ncc(=O)[nH]c4=O)nc4ccccc43)CC1N2C1CC2CCCC(C2)C1. The molecule has 1 N–H and O–H groups in total. The number of aromatic amines is 1. The predicted molar refractivity (Wildman–Crippen MR) is 145 cm³/mol. The molecule has 4 heterocycles. The highest BCUT2D eigenvalue weighted by atomic mass is 16.2. The van der Waals surface area contributed by atoms with Gasteiger partial charge in [-0.05, 0) is 74.8 Å². The fraction of sp³-hybridized carbons (Fsp3) is 0.621. The van der Waals surface area contributed by atoms with Crippen LogP contribution in [-0.4, -0.2) is 47.3 Å². The number of hydrogen-bond acceptors (Lipinski definition) is 6. The van der Waals surface area contributed by atoms with E-state index in [2.05, 4.69) is 26.9 Å². The maximum absolute atomic E-state index is 14.0. The van der Waals surface area contributed by atoms with Crippen molar-refractivity contribution < 1.29 is 0 Å². The molecule has 2 saturated heterocycles. The molecule has 6 unspecified atom stereocenters. The van der Waals surface area contributed by atoms with E-state index < -0.39 is 11.2 Å². The summed E-state index contributed by atoms with van der Waals surface area (Å²) in [6.45, 7) is 2.39. The monoisotopic (exact) mass is 516 g/mol. The van der Waals surface area contributed by atoms with Crippen molar-refractivity contribution in [3.8, 4) is 5.82 Å². The minimum atomic E-state index is -0.757. The molecule has 9 heteroatoms. The third kappa shape index (κ3) is 3.97.